The summed E-state index contributed by atoms with van der Waals surface area (Å²) in [6, 6.07) is 16.5. The molecular weight excluding hydrogens is 641 g/mol. The van der Waals surface area contributed by atoms with Gasteiger partial charge in [-0.3, -0.25) is 0 Å². The number of carbonyl (C=O) groups excluding carboxylic acids is 1. The average molecular weight is 697 g/mol. The third-order valence-corrected chi connectivity index (χ3v) is 10.5. The van der Waals surface area contributed by atoms with Gasteiger partial charge in [0.15, 0.2) is 0 Å². The molecule has 2 aliphatic heterocycles. The van der Waals surface area contributed by atoms with E-state index in [0.29, 0.717) is 5.56 Å². The van der Waals surface area contributed by atoms with Crippen LogP contribution in [-0.4, -0.2) is 33.0 Å². The molecule has 1 aromatic carbocycles. The second kappa shape index (κ2) is 18.2. The molecule has 0 spiro atoms. The van der Waals surface area contributed by atoms with Crippen molar-refractivity contribution in [2.45, 2.75) is 117 Å². The summed E-state index contributed by atoms with van der Waals surface area (Å²) in [5, 5.41) is 0. The van der Waals surface area contributed by atoms with Crippen molar-refractivity contribution in [3.8, 4) is 11.1 Å². The van der Waals surface area contributed by atoms with Crippen molar-refractivity contribution in [3.63, 3.8) is 0 Å². The van der Waals surface area contributed by atoms with Crippen LogP contribution >= 0.6 is 0 Å². The third kappa shape index (κ3) is 8.66. The van der Waals surface area contributed by atoms with Crippen LogP contribution in [0.1, 0.15) is 148 Å². The predicted octanol–water partition coefficient (Wildman–Crippen LogP) is 12.5. The van der Waals surface area contributed by atoms with E-state index in [0.717, 1.165) is 94.5 Å². The number of hydrogen-bond acceptors (Lipinski definition) is 4. The fourth-order valence-corrected chi connectivity index (χ4v) is 7.55. The van der Waals surface area contributed by atoms with E-state index in [9.17, 15) is 4.79 Å². The first-order valence-corrected chi connectivity index (χ1v) is 19.9. The molecule has 0 fully saturated rings. The first kappa shape index (κ1) is 37.1. The van der Waals surface area contributed by atoms with Gasteiger partial charge in [0.1, 0.15) is 0 Å². The molecule has 8 bridgehead atoms. The zero-order chi connectivity index (χ0) is 36.3. The van der Waals surface area contributed by atoms with Crippen LogP contribution in [0.5, 0.6) is 0 Å². The third-order valence-electron chi connectivity index (χ3n) is 10.5. The Labute approximate surface area is 309 Å². The van der Waals surface area contributed by atoms with E-state index in [4.69, 9.17) is 14.7 Å². The monoisotopic (exact) mass is 696 g/mol. The van der Waals surface area contributed by atoms with E-state index >= 15 is 0 Å². The minimum atomic E-state index is -0.340. The number of hydrogen-bond donors (Lipinski definition) is 2. The SMILES string of the molecule is CCCCCCc1c2nc(c(CCCCCC)c3ccc([nH]3)c(-c3ccc(C(=O)OC)cc3)c3ccc([nH]3)c(CCCCCC)c3nc1C=C3)C=C2. The molecule has 0 atom stereocenters. The number of unbranched alkanes of at least 4 members (excludes halogenated alkanes) is 9. The van der Waals surface area contributed by atoms with E-state index < -0.39 is 0 Å². The van der Waals surface area contributed by atoms with Gasteiger partial charge in [-0.2, -0.15) is 0 Å². The van der Waals surface area contributed by atoms with Crippen molar-refractivity contribution in [1.82, 2.24) is 19.9 Å². The zero-order valence-electron chi connectivity index (χ0n) is 31.7. The maximum atomic E-state index is 12.3. The van der Waals surface area contributed by atoms with Gasteiger partial charge in [-0.25, -0.2) is 14.8 Å². The lowest BCUT2D eigenvalue weighted by atomic mass is 10.0. The molecule has 5 heterocycles. The summed E-state index contributed by atoms with van der Waals surface area (Å²) in [6.45, 7) is 6.79. The summed E-state index contributed by atoms with van der Waals surface area (Å²) in [4.78, 5) is 30.8. The van der Waals surface area contributed by atoms with E-state index in [1.54, 1.807) is 0 Å². The number of nitrogens with zero attached hydrogens (tertiary/aromatic N) is 2. The molecule has 0 radical (unpaired) electrons. The number of benzene rings is 1. The Hall–Kier alpha value is -4.71. The molecule has 0 amide bonds. The van der Waals surface area contributed by atoms with Crippen LogP contribution in [0, 0.1) is 0 Å². The topological polar surface area (TPSA) is 83.7 Å². The summed E-state index contributed by atoms with van der Waals surface area (Å²) in [7, 11) is 1.42. The van der Waals surface area contributed by atoms with E-state index in [-0.39, 0.29) is 5.97 Å². The quantitative estimate of drug-likeness (QED) is 0.0734. The number of esters is 1. The summed E-state index contributed by atoms with van der Waals surface area (Å²) >= 11 is 0. The van der Waals surface area contributed by atoms with Crippen LogP contribution in [-0.2, 0) is 24.0 Å². The van der Waals surface area contributed by atoms with Crippen LogP contribution in [0.4, 0.5) is 0 Å². The molecule has 52 heavy (non-hydrogen) atoms. The number of carbonyl (C=O) groups is 1. The molecule has 0 saturated heterocycles. The number of fused-ring (bicyclic) bond motifs is 8. The molecular formula is C46H56N4O2. The average Bonchev–Trinajstić information content (AvgIpc) is 4.01. The minimum absolute atomic E-state index is 0.340. The van der Waals surface area contributed by atoms with Crippen molar-refractivity contribution in [2.75, 3.05) is 7.11 Å². The maximum absolute atomic E-state index is 12.3. The maximum Gasteiger partial charge on any atom is 0.337 e. The Kier molecular flexibility index (Phi) is 12.9. The number of ether oxygens (including phenoxy) is 1. The van der Waals surface area contributed by atoms with Crippen LogP contribution < -0.4 is 0 Å². The number of rotatable bonds is 17. The van der Waals surface area contributed by atoms with Crippen molar-refractivity contribution in [2.24, 2.45) is 0 Å². The fraction of sp³-hybridized carbons (Fsp3) is 0.413. The largest absolute Gasteiger partial charge is 0.465 e. The second-order valence-electron chi connectivity index (χ2n) is 14.3. The molecule has 272 valence electrons. The summed E-state index contributed by atoms with van der Waals surface area (Å²) in [6.07, 6.45) is 26.1. The van der Waals surface area contributed by atoms with Gasteiger partial charge in [-0.05, 0) is 105 Å². The van der Waals surface area contributed by atoms with Gasteiger partial charge in [-0.15, -0.1) is 0 Å². The van der Waals surface area contributed by atoms with Crippen molar-refractivity contribution in [1.29, 1.82) is 0 Å². The molecule has 2 aliphatic rings. The van der Waals surface area contributed by atoms with E-state index in [2.05, 4.69) is 79.3 Å². The van der Waals surface area contributed by atoms with Crippen LogP contribution in [0.15, 0.2) is 48.5 Å². The number of H-pyrrole nitrogens is 2. The molecule has 4 aromatic rings. The Morgan fingerprint density at radius 2 is 0.923 bits per heavy atom. The van der Waals surface area contributed by atoms with Gasteiger partial charge in [0.2, 0.25) is 0 Å². The van der Waals surface area contributed by atoms with Gasteiger partial charge in [0.05, 0.1) is 35.4 Å². The number of nitrogens with one attached hydrogen (secondary N) is 2. The number of aromatic nitrogens is 4. The van der Waals surface area contributed by atoms with Gasteiger partial charge in [-0.1, -0.05) is 90.7 Å². The molecule has 2 N–H and O–H groups in total. The van der Waals surface area contributed by atoms with Crippen molar-refractivity contribution >= 4 is 52.3 Å². The predicted molar refractivity (Wildman–Crippen MR) is 219 cm³/mol. The first-order valence-electron chi connectivity index (χ1n) is 19.9. The first-order chi connectivity index (χ1) is 25.5. The lowest BCUT2D eigenvalue weighted by Gasteiger charge is -2.07. The highest BCUT2D eigenvalue weighted by molar-refractivity contribution is 5.96. The second-order valence-corrected chi connectivity index (χ2v) is 14.3. The standard InChI is InChI=1S/C46H56N4O2/c1-5-8-11-14-17-34-37-24-26-39(47-37)35(18-15-12-9-6-2)41-28-30-43(49-41)45(32-20-22-33(23-21-32)46(51)52-4)44-31-29-42(50-44)36(19-16-13-10-7-3)40-27-25-38(34)48-40/h20-31,49-50H,5-19H2,1-4H3. The van der Waals surface area contributed by atoms with Crippen molar-refractivity contribution in [3.05, 3.63) is 93.6 Å². The Balaban J connectivity index is 1.64. The number of methoxy groups -OCH3 is 1. The van der Waals surface area contributed by atoms with Gasteiger partial charge < -0.3 is 14.7 Å². The normalized spacial score (nSPS) is 12.2. The Morgan fingerprint density at radius 3 is 1.35 bits per heavy atom. The molecule has 6 rings (SSSR count). The van der Waals surface area contributed by atoms with E-state index in [1.807, 2.05) is 24.3 Å². The Bertz CT molecular complexity index is 1950. The van der Waals surface area contributed by atoms with E-state index in [1.165, 1.54) is 81.6 Å². The number of aryl methyl sites for hydroxylation is 2. The Morgan fingerprint density at radius 1 is 0.519 bits per heavy atom. The van der Waals surface area contributed by atoms with Gasteiger partial charge >= 0.3 is 5.97 Å². The highest BCUT2D eigenvalue weighted by Crippen LogP contribution is 2.33. The molecule has 0 aliphatic carbocycles. The summed E-state index contributed by atoms with van der Waals surface area (Å²) in [5.74, 6) is -0.340. The molecule has 0 saturated carbocycles. The molecule has 6 nitrogen and oxygen atoms in total. The summed E-state index contributed by atoms with van der Waals surface area (Å²) < 4.78 is 5.00. The lowest BCUT2D eigenvalue weighted by molar-refractivity contribution is 0.0600. The van der Waals surface area contributed by atoms with Gasteiger partial charge in [0, 0.05) is 44.3 Å². The highest BCUT2D eigenvalue weighted by atomic mass is 16.5. The van der Waals surface area contributed by atoms with Crippen molar-refractivity contribution < 1.29 is 9.53 Å². The summed E-state index contributed by atoms with van der Waals surface area (Å²) in [5.41, 5.74) is 14.7. The molecule has 6 heteroatoms. The number of aromatic amines is 2. The molecule has 3 aromatic heterocycles. The smallest absolute Gasteiger partial charge is 0.337 e. The highest BCUT2D eigenvalue weighted by Gasteiger charge is 2.17. The van der Waals surface area contributed by atoms with Crippen LogP contribution in [0.25, 0.3) is 57.5 Å². The van der Waals surface area contributed by atoms with Gasteiger partial charge in [0.25, 0.3) is 0 Å². The fourth-order valence-electron chi connectivity index (χ4n) is 7.55. The zero-order valence-corrected chi connectivity index (χ0v) is 31.7. The van der Waals surface area contributed by atoms with Crippen LogP contribution in [0.2, 0.25) is 0 Å². The molecule has 0 unspecified atom stereocenters. The minimum Gasteiger partial charge on any atom is -0.465 e. The lowest BCUT2D eigenvalue weighted by Crippen LogP contribution is -2.00. The van der Waals surface area contributed by atoms with Crippen LogP contribution in [0.3, 0.4) is 0 Å².